The third-order valence-corrected chi connectivity index (χ3v) is 5.14. The van der Waals surface area contributed by atoms with Crippen LogP contribution in [0, 0.1) is 22.7 Å². The average Bonchev–Trinajstić information content (AvgIpc) is 2.70. The van der Waals surface area contributed by atoms with Crippen molar-refractivity contribution in [2.45, 2.75) is 47.0 Å². The van der Waals surface area contributed by atoms with E-state index in [0.717, 1.165) is 6.42 Å². The first kappa shape index (κ1) is 15.0. The Morgan fingerprint density at radius 1 is 1.45 bits per heavy atom. The van der Waals surface area contributed by atoms with Gasteiger partial charge in [0.05, 0.1) is 0 Å². The summed E-state index contributed by atoms with van der Waals surface area (Å²) >= 11 is 0. The minimum Gasteiger partial charge on any atom is -0.426 e. The van der Waals surface area contributed by atoms with Crippen LogP contribution in [0.15, 0.2) is 24.5 Å². The lowest BCUT2D eigenvalue weighted by atomic mass is 9.69. The Bertz CT molecular complexity index is 484. The molecule has 2 aliphatic rings. The fraction of sp³-hybridized carbons (Fsp3) is 0.647. The SMILES string of the molecule is C=C(/C=C/C(C)C)OC(=O)[C@@]12CC[C@@H](CC1=O)C2(C)C. The lowest BCUT2D eigenvalue weighted by Crippen LogP contribution is -2.44. The van der Waals surface area contributed by atoms with E-state index in [1.54, 1.807) is 6.08 Å². The highest BCUT2D eigenvalue weighted by Crippen LogP contribution is 2.64. The van der Waals surface area contributed by atoms with Crippen molar-refractivity contribution in [2.75, 3.05) is 0 Å². The topological polar surface area (TPSA) is 43.4 Å². The predicted molar refractivity (Wildman–Crippen MR) is 77.8 cm³/mol. The molecule has 20 heavy (non-hydrogen) atoms. The van der Waals surface area contributed by atoms with Crippen molar-refractivity contribution in [2.24, 2.45) is 22.7 Å². The number of esters is 1. The molecule has 2 rings (SSSR count). The zero-order valence-electron chi connectivity index (χ0n) is 12.9. The number of rotatable bonds is 4. The van der Waals surface area contributed by atoms with E-state index in [4.69, 9.17) is 4.74 Å². The monoisotopic (exact) mass is 276 g/mol. The number of hydrogen-bond acceptors (Lipinski definition) is 3. The van der Waals surface area contributed by atoms with Crippen LogP contribution >= 0.6 is 0 Å². The van der Waals surface area contributed by atoms with Gasteiger partial charge in [-0.05, 0) is 36.2 Å². The number of ketones is 1. The lowest BCUT2D eigenvalue weighted by molar-refractivity contribution is -0.160. The molecule has 2 fully saturated rings. The van der Waals surface area contributed by atoms with Gasteiger partial charge in [-0.3, -0.25) is 9.59 Å². The summed E-state index contributed by atoms with van der Waals surface area (Å²) in [6.45, 7) is 11.9. The van der Waals surface area contributed by atoms with E-state index in [-0.39, 0.29) is 11.2 Å². The molecule has 0 spiro atoms. The molecule has 2 bridgehead atoms. The number of carbonyl (C=O) groups is 2. The zero-order chi connectivity index (χ0) is 15.1. The van der Waals surface area contributed by atoms with Gasteiger partial charge >= 0.3 is 5.97 Å². The summed E-state index contributed by atoms with van der Waals surface area (Å²) < 4.78 is 5.37. The molecule has 0 N–H and O–H groups in total. The molecule has 0 unspecified atom stereocenters. The van der Waals surface area contributed by atoms with Crippen LogP contribution in [0.1, 0.15) is 47.0 Å². The third kappa shape index (κ3) is 2.04. The van der Waals surface area contributed by atoms with Crippen molar-refractivity contribution in [3.05, 3.63) is 24.5 Å². The number of hydrogen-bond donors (Lipinski definition) is 0. The number of fused-ring (bicyclic) bond motifs is 2. The summed E-state index contributed by atoms with van der Waals surface area (Å²) in [5.74, 6) is 0.623. The molecule has 3 nitrogen and oxygen atoms in total. The van der Waals surface area contributed by atoms with E-state index in [0.29, 0.717) is 30.4 Å². The predicted octanol–water partition coefficient (Wildman–Crippen LogP) is 3.65. The first-order chi connectivity index (χ1) is 9.21. The molecular formula is C17H24O3. The van der Waals surface area contributed by atoms with Gasteiger partial charge < -0.3 is 4.74 Å². The highest BCUT2D eigenvalue weighted by Gasteiger charge is 2.69. The third-order valence-electron chi connectivity index (χ3n) is 5.14. The van der Waals surface area contributed by atoms with Crippen molar-refractivity contribution in [3.63, 3.8) is 0 Å². The number of ether oxygens (including phenoxy) is 1. The van der Waals surface area contributed by atoms with Crippen molar-refractivity contribution in [1.29, 1.82) is 0 Å². The fourth-order valence-corrected chi connectivity index (χ4v) is 3.70. The second-order valence-electron chi connectivity index (χ2n) is 6.95. The van der Waals surface area contributed by atoms with E-state index in [1.807, 2.05) is 33.8 Å². The maximum Gasteiger partial charge on any atom is 0.325 e. The second kappa shape index (κ2) is 4.87. The maximum absolute atomic E-state index is 12.6. The Hall–Kier alpha value is -1.38. The average molecular weight is 276 g/mol. The Labute approximate surface area is 121 Å². The number of Topliss-reactive ketones (excluding diaryl/α,β-unsaturated/α-hetero) is 1. The van der Waals surface area contributed by atoms with Crippen LogP contribution < -0.4 is 0 Å². The molecule has 2 aliphatic carbocycles. The van der Waals surface area contributed by atoms with E-state index in [1.165, 1.54) is 0 Å². The standard InChI is InChI=1S/C17H24O3/c1-11(2)6-7-12(3)20-15(19)17-9-8-13(10-14(17)18)16(17,4)5/h6-7,11,13H,3,8-10H2,1-2,4-5H3/b7-6+/t13-,17+/m0/s1. The van der Waals surface area contributed by atoms with Gasteiger partial charge in [-0.2, -0.15) is 0 Å². The minimum atomic E-state index is -0.952. The lowest BCUT2D eigenvalue weighted by Gasteiger charge is -2.33. The fourth-order valence-electron chi connectivity index (χ4n) is 3.70. The van der Waals surface area contributed by atoms with E-state index in [2.05, 4.69) is 6.58 Å². The highest BCUT2D eigenvalue weighted by molar-refractivity contribution is 6.07. The van der Waals surface area contributed by atoms with Crippen LogP contribution in [0.25, 0.3) is 0 Å². The molecule has 0 aromatic rings. The second-order valence-corrected chi connectivity index (χ2v) is 6.95. The molecule has 2 atom stereocenters. The van der Waals surface area contributed by atoms with Crippen molar-refractivity contribution < 1.29 is 14.3 Å². The molecule has 2 saturated carbocycles. The summed E-state index contributed by atoms with van der Waals surface area (Å²) in [4.78, 5) is 24.9. The van der Waals surface area contributed by atoms with E-state index >= 15 is 0 Å². The number of carbonyl (C=O) groups excluding carboxylic acids is 2. The molecule has 0 saturated heterocycles. The largest absolute Gasteiger partial charge is 0.426 e. The molecule has 0 amide bonds. The van der Waals surface area contributed by atoms with Gasteiger partial charge in [-0.1, -0.05) is 40.3 Å². The molecule has 3 heteroatoms. The normalized spacial score (nSPS) is 31.2. The van der Waals surface area contributed by atoms with E-state index < -0.39 is 11.4 Å². The maximum atomic E-state index is 12.6. The summed E-state index contributed by atoms with van der Waals surface area (Å²) in [6.07, 6.45) is 5.69. The summed E-state index contributed by atoms with van der Waals surface area (Å²) in [5, 5.41) is 0. The van der Waals surface area contributed by atoms with Crippen molar-refractivity contribution >= 4 is 11.8 Å². The van der Waals surface area contributed by atoms with Crippen LogP contribution in [0.4, 0.5) is 0 Å². The van der Waals surface area contributed by atoms with Gasteiger partial charge in [-0.15, -0.1) is 0 Å². The van der Waals surface area contributed by atoms with E-state index in [9.17, 15) is 9.59 Å². The molecular weight excluding hydrogens is 252 g/mol. The van der Waals surface area contributed by atoms with Gasteiger partial charge in [0, 0.05) is 6.42 Å². The zero-order valence-corrected chi connectivity index (χ0v) is 12.9. The highest BCUT2D eigenvalue weighted by atomic mass is 16.5. The Morgan fingerprint density at radius 3 is 2.55 bits per heavy atom. The Balaban J connectivity index is 2.17. The van der Waals surface area contributed by atoms with Gasteiger partial charge in [0.15, 0.2) is 5.78 Å². The van der Waals surface area contributed by atoms with Crippen LogP contribution in [0.5, 0.6) is 0 Å². The van der Waals surface area contributed by atoms with Crippen LogP contribution in [-0.4, -0.2) is 11.8 Å². The number of allylic oxidation sites excluding steroid dienone is 2. The van der Waals surface area contributed by atoms with Crippen molar-refractivity contribution in [3.8, 4) is 0 Å². The quantitative estimate of drug-likeness (QED) is 0.341. The molecule has 0 heterocycles. The van der Waals surface area contributed by atoms with Gasteiger partial charge in [0.25, 0.3) is 0 Å². The Kier molecular flexibility index (Phi) is 3.66. The van der Waals surface area contributed by atoms with Crippen LogP contribution in [0.2, 0.25) is 0 Å². The van der Waals surface area contributed by atoms with Gasteiger partial charge in [0.2, 0.25) is 0 Å². The molecule has 0 aliphatic heterocycles. The molecule has 0 aromatic carbocycles. The van der Waals surface area contributed by atoms with Gasteiger partial charge in [0.1, 0.15) is 11.2 Å². The Morgan fingerprint density at radius 2 is 2.10 bits per heavy atom. The van der Waals surface area contributed by atoms with Gasteiger partial charge in [-0.25, -0.2) is 0 Å². The first-order valence-electron chi connectivity index (χ1n) is 7.34. The van der Waals surface area contributed by atoms with Crippen LogP contribution in [-0.2, 0) is 14.3 Å². The summed E-state index contributed by atoms with van der Waals surface area (Å²) in [6, 6.07) is 0. The summed E-state index contributed by atoms with van der Waals surface area (Å²) in [7, 11) is 0. The summed E-state index contributed by atoms with van der Waals surface area (Å²) in [5.41, 5.74) is -1.25. The van der Waals surface area contributed by atoms with Crippen molar-refractivity contribution in [1.82, 2.24) is 0 Å². The molecule has 0 radical (unpaired) electrons. The molecule has 110 valence electrons. The smallest absolute Gasteiger partial charge is 0.325 e. The molecule has 0 aromatic heterocycles. The van der Waals surface area contributed by atoms with Crippen LogP contribution in [0.3, 0.4) is 0 Å². The minimum absolute atomic E-state index is 0.0457. The first-order valence-corrected chi connectivity index (χ1v) is 7.34.